The number of aromatic nitrogens is 10. The summed E-state index contributed by atoms with van der Waals surface area (Å²) in [7, 11) is 0. The van der Waals surface area contributed by atoms with Crippen molar-refractivity contribution in [1.29, 1.82) is 0 Å². The van der Waals surface area contributed by atoms with Crippen LogP contribution >= 0.6 is 0 Å². The van der Waals surface area contributed by atoms with Crippen molar-refractivity contribution in [2.45, 2.75) is 55.4 Å². The first kappa shape index (κ1) is 38.5. The molecule has 0 bridgehead atoms. The van der Waals surface area contributed by atoms with Crippen LogP contribution in [0.4, 0.5) is 0 Å². The number of hydrogen-bond donors (Lipinski definition) is 0. The first-order chi connectivity index (χ1) is 31.6. The fraction of sp³-hybridized carbons (Fsp3) is 0.148. The van der Waals surface area contributed by atoms with Gasteiger partial charge in [0, 0.05) is 27.7 Å². The third-order valence-corrected chi connectivity index (χ3v) is 13.3. The summed E-state index contributed by atoms with van der Waals surface area (Å²) in [6.45, 7) is 17.7. The van der Waals surface area contributed by atoms with Gasteiger partial charge in [0.2, 0.25) is 0 Å². The second-order valence-electron chi connectivity index (χ2n) is 17.5. The van der Waals surface area contributed by atoms with Crippen LogP contribution < -0.4 is 0 Å². The average molecular weight is 847 g/mol. The topological polar surface area (TPSA) is 126 Å². The van der Waals surface area contributed by atoms with Gasteiger partial charge < -0.3 is 13.6 Å². The van der Waals surface area contributed by atoms with Crippen LogP contribution in [0.5, 0.6) is 0 Å². The zero-order valence-electron chi connectivity index (χ0n) is 37.3. The highest BCUT2D eigenvalue weighted by Crippen LogP contribution is 2.49. The first-order valence-electron chi connectivity index (χ1n) is 21.7. The molecule has 11 nitrogen and oxygen atoms in total. The highest BCUT2D eigenvalue weighted by molar-refractivity contribution is 6.17. The van der Waals surface area contributed by atoms with Gasteiger partial charge in [0.25, 0.3) is 0 Å². The Morgan fingerprint density at radius 2 is 0.908 bits per heavy atom. The first-order valence-corrected chi connectivity index (χ1v) is 21.7. The van der Waals surface area contributed by atoms with Gasteiger partial charge in [-0.25, -0.2) is 39.9 Å². The number of benzene rings is 5. The number of nitrogens with zero attached hydrogens (tertiary/aromatic N) is 10. The van der Waals surface area contributed by atoms with Crippen molar-refractivity contribution in [3.8, 4) is 44.8 Å². The largest absolute Gasteiger partial charge is 0.455 e. The van der Waals surface area contributed by atoms with Crippen molar-refractivity contribution in [2.75, 3.05) is 0 Å². The Morgan fingerprint density at radius 1 is 0.415 bits per heavy atom. The lowest BCUT2D eigenvalue weighted by Crippen LogP contribution is -2.00. The maximum absolute atomic E-state index is 7.23. The van der Waals surface area contributed by atoms with Crippen molar-refractivity contribution in [3.63, 3.8) is 0 Å². The Bertz CT molecular complexity index is 3880. The van der Waals surface area contributed by atoms with Crippen molar-refractivity contribution >= 4 is 66.1 Å². The molecule has 0 spiro atoms. The van der Waals surface area contributed by atoms with Crippen LogP contribution in [0.3, 0.4) is 0 Å². The third kappa shape index (κ3) is 5.61. The molecular formula is C54H42N10O. The molecule has 0 N–H and O–H groups in total. The van der Waals surface area contributed by atoms with Crippen LogP contribution in [-0.2, 0) is 0 Å². The standard InChI is InChI=1S/C54H42N10O/c1-27-12-29(3)44(30(4)13-27)46-33(7)47(36-14-28(2)15-38(18-36)64-41-21-57-25-61-52(41)53-42(64)22-58-26-62-53)54-49(34(46)8)48-32(6)45(31(5)16-43(48)65-54)35-10-9-11-37(17-35)63-39-19-55-23-59-50(39)51-40(63)20-56-24-60-51/h9-26H,1-8H3. The molecule has 0 unspecified atom stereocenters. The number of fused-ring (bicyclic) bond motifs is 9. The van der Waals surface area contributed by atoms with E-state index in [9.17, 15) is 0 Å². The SMILES string of the molecule is Cc1cc(-c2c(C)c(-c3c(C)cc(C)cc3C)c(C)c3c2oc2cc(C)c(-c4cccc(-n5c6cncnc6c6ncncc65)c4)c(C)c23)cc(-n2c3cncnc3c3ncncc32)c1. The molecule has 0 aliphatic carbocycles. The fourth-order valence-corrected chi connectivity index (χ4v) is 10.9. The molecular weight excluding hydrogens is 805 g/mol. The van der Waals surface area contributed by atoms with E-state index < -0.39 is 0 Å². The second kappa shape index (κ2) is 14.2. The van der Waals surface area contributed by atoms with Gasteiger partial charge in [-0.3, -0.25) is 0 Å². The molecule has 12 aromatic rings. The quantitative estimate of drug-likeness (QED) is 0.166. The minimum atomic E-state index is 0.782. The summed E-state index contributed by atoms with van der Waals surface area (Å²) in [5, 5.41) is 2.22. The monoisotopic (exact) mass is 846 g/mol. The van der Waals surface area contributed by atoms with Crippen LogP contribution in [0, 0.1) is 55.4 Å². The summed E-state index contributed by atoms with van der Waals surface area (Å²) < 4.78 is 11.6. The summed E-state index contributed by atoms with van der Waals surface area (Å²) in [5.74, 6) is 0. The number of rotatable bonds is 5. The van der Waals surface area contributed by atoms with E-state index in [1.54, 1.807) is 25.3 Å². The molecule has 0 atom stereocenters. The zero-order valence-corrected chi connectivity index (χ0v) is 37.3. The van der Waals surface area contributed by atoms with Crippen molar-refractivity contribution in [1.82, 2.24) is 49.0 Å². The number of aryl methyl sites for hydroxylation is 7. The van der Waals surface area contributed by atoms with Gasteiger partial charge in [0.05, 0.1) is 46.9 Å². The molecule has 0 aliphatic heterocycles. The molecule has 7 aromatic heterocycles. The highest BCUT2D eigenvalue weighted by Gasteiger charge is 2.27. The van der Waals surface area contributed by atoms with Crippen LogP contribution in [0.1, 0.15) is 44.5 Å². The Morgan fingerprint density at radius 3 is 1.48 bits per heavy atom. The summed E-state index contributed by atoms with van der Waals surface area (Å²) in [6.07, 6.45) is 13.7. The predicted molar refractivity (Wildman–Crippen MR) is 259 cm³/mol. The summed E-state index contributed by atoms with van der Waals surface area (Å²) >= 11 is 0. The summed E-state index contributed by atoms with van der Waals surface area (Å²) in [5.41, 5.74) is 26.6. The van der Waals surface area contributed by atoms with E-state index in [-0.39, 0.29) is 0 Å². The van der Waals surface area contributed by atoms with Crippen LogP contribution in [0.2, 0.25) is 0 Å². The fourth-order valence-electron chi connectivity index (χ4n) is 10.9. The van der Waals surface area contributed by atoms with Gasteiger partial charge in [-0.1, -0.05) is 35.9 Å². The van der Waals surface area contributed by atoms with Crippen molar-refractivity contribution in [3.05, 3.63) is 155 Å². The molecule has 0 saturated heterocycles. The Labute approximate surface area is 373 Å². The van der Waals surface area contributed by atoms with Crippen LogP contribution in [0.15, 0.2) is 115 Å². The van der Waals surface area contributed by atoms with Gasteiger partial charge in [-0.05, 0) is 152 Å². The Hall–Kier alpha value is -8.18. The lowest BCUT2D eigenvalue weighted by Gasteiger charge is -2.21. The number of hydrogen-bond acceptors (Lipinski definition) is 9. The summed E-state index contributed by atoms with van der Waals surface area (Å²) in [4.78, 5) is 36.2. The van der Waals surface area contributed by atoms with E-state index >= 15 is 0 Å². The maximum Gasteiger partial charge on any atom is 0.143 e. The number of furan rings is 1. The minimum absolute atomic E-state index is 0.782. The van der Waals surface area contributed by atoms with E-state index in [0.29, 0.717) is 0 Å². The molecule has 0 saturated carbocycles. The maximum atomic E-state index is 7.23. The van der Waals surface area contributed by atoms with Gasteiger partial charge in [-0.15, -0.1) is 0 Å². The molecule has 0 aliphatic rings. The smallest absolute Gasteiger partial charge is 0.143 e. The molecule has 11 heteroatoms. The molecule has 5 aromatic carbocycles. The average Bonchev–Trinajstić information content (AvgIpc) is 3.95. The second-order valence-corrected chi connectivity index (χ2v) is 17.5. The molecule has 0 amide bonds. The Kier molecular flexibility index (Phi) is 8.39. The van der Waals surface area contributed by atoms with Gasteiger partial charge in [-0.2, -0.15) is 0 Å². The Balaban J connectivity index is 1.14. The van der Waals surface area contributed by atoms with Crippen molar-refractivity contribution in [2.24, 2.45) is 0 Å². The van der Waals surface area contributed by atoms with E-state index in [2.05, 4.69) is 165 Å². The van der Waals surface area contributed by atoms with Gasteiger partial charge in [0.1, 0.15) is 58.5 Å². The predicted octanol–water partition coefficient (Wildman–Crippen LogP) is 12.4. The van der Waals surface area contributed by atoms with Crippen LogP contribution in [0.25, 0.3) is 111 Å². The lowest BCUT2D eigenvalue weighted by molar-refractivity contribution is 0.669. The van der Waals surface area contributed by atoms with E-state index in [4.69, 9.17) is 4.42 Å². The molecule has 0 fully saturated rings. The summed E-state index contributed by atoms with van der Waals surface area (Å²) in [6, 6.07) is 22.2. The molecule has 65 heavy (non-hydrogen) atoms. The van der Waals surface area contributed by atoms with Gasteiger partial charge in [0.15, 0.2) is 0 Å². The lowest BCUT2D eigenvalue weighted by atomic mass is 9.82. The van der Waals surface area contributed by atoms with Crippen molar-refractivity contribution < 1.29 is 4.42 Å². The molecule has 12 rings (SSSR count). The van der Waals surface area contributed by atoms with Gasteiger partial charge >= 0.3 is 0 Å². The zero-order chi connectivity index (χ0) is 44.4. The highest BCUT2D eigenvalue weighted by atomic mass is 16.3. The van der Waals surface area contributed by atoms with Crippen LogP contribution in [-0.4, -0.2) is 49.0 Å². The molecule has 0 radical (unpaired) electrons. The van der Waals surface area contributed by atoms with E-state index in [1.807, 2.05) is 24.8 Å². The molecule has 314 valence electrons. The van der Waals surface area contributed by atoms with E-state index in [1.165, 1.54) is 33.4 Å². The van der Waals surface area contributed by atoms with E-state index in [0.717, 1.165) is 122 Å². The molecule has 7 heterocycles. The third-order valence-electron chi connectivity index (χ3n) is 13.3. The minimum Gasteiger partial charge on any atom is -0.455 e. The normalized spacial score (nSPS) is 12.0.